The van der Waals surface area contributed by atoms with Gasteiger partial charge in [-0.15, -0.1) is 0 Å². The van der Waals surface area contributed by atoms with Gasteiger partial charge in [-0.2, -0.15) is 0 Å². The van der Waals surface area contributed by atoms with Crippen molar-refractivity contribution in [3.63, 3.8) is 0 Å². The molecule has 0 aromatic heterocycles. The second-order valence-electron chi connectivity index (χ2n) is 6.22. The lowest BCUT2D eigenvalue weighted by atomic mass is 9.92. The smallest absolute Gasteiger partial charge is 0.323 e. The van der Waals surface area contributed by atoms with Gasteiger partial charge in [0.05, 0.1) is 15.7 Å². The van der Waals surface area contributed by atoms with E-state index in [0.29, 0.717) is 0 Å². The highest BCUT2D eigenvalue weighted by Crippen LogP contribution is 2.34. The van der Waals surface area contributed by atoms with Gasteiger partial charge in [0, 0.05) is 10.6 Å². The Morgan fingerprint density at radius 1 is 1.18 bits per heavy atom. The highest BCUT2D eigenvalue weighted by Gasteiger charge is 2.50. The number of carbonyl (C=O) groups is 3. The summed E-state index contributed by atoms with van der Waals surface area (Å²) in [6.45, 7) is 0.875. The molecule has 6 nitrogen and oxygen atoms in total. The fourth-order valence-electron chi connectivity index (χ4n) is 2.85. The van der Waals surface area contributed by atoms with E-state index in [-0.39, 0.29) is 26.3 Å². The molecule has 0 aliphatic carbocycles. The minimum absolute atomic E-state index is 0.0202. The number of amides is 4. The monoisotopic (exact) mass is 443 g/mol. The summed E-state index contributed by atoms with van der Waals surface area (Å²) in [6, 6.07) is 7.37. The van der Waals surface area contributed by atoms with Gasteiger partial charge in [0.1, 0.15) is 17.9 Å². The van der Waals surface area contributed by atoms with Crippen molar-refractivity contribution in [1.82, 2.24) is 10.2 Å². The minimum atomic E-state index is -1.53. The molecule has 4 amide bonds. The molecule has 146 valence electrons. The first-order chi connectivity index (χ1) is 13.1. The third-order valence-corrected chi connectivity index (χ3v) is 5.40. The first kappa shape index (κ1) is 20.4. The number of hydrogen-bond acceptors (Lipinski definition) is 3. The summed E-state index contributed by atoms with van der Waals surface area (Å²) < 4.78 is 13.3. The Balaban J connectivity index is 1.80. The Hall–Kier alpha value is -2.35. The molecule has 1 fully saturated rings. The number of benzene rings is 2. The van der Waals surface area contributed by atoms with Gasteiger partial charge in [0.2, 0.25) is 5.91 Å². The Morgan fingerprint density at radius 2 is 1.89 bits per heavy atom. The number of hydrogen-bond donors (Lipinski definition) is 2. The van der Waals surface area contributed by atoms with Gasteiger partial charge in [-0.3, -0.25) is 14.5 Å². The molecule has 2 N–H and O–H groups in total. The van der Waals surface area contributed by atoms with Crippen molar-refractivity contribution in [2.24, 2.45) is 0 Å². The fourth-order valence-corrected chi connectivity index (χ4v) is 3.56. The first-order valence-corrected chi connectivity index (χ1v) is 9.10. The molecule has 2 aromatic carbocycles. The molecule has 1 unspecified atom stereocenters. The molecule has 10 heteroatoms. The van der Waals surface area contributed by atoms with E-state index in [0.717, 1.165) is 17.0 Å². The van der Waals surface area contributed by atoms with Crippen LogP contribution in [0.5, 0.6) is 0 Å². The van der Waals surface area contributed by atoms with Crippen molar-refractivity contribution in [3.8, 4) is 0 Å². The summed E-state index contributed by atoms with van der Waals surface area (Å²) >= 11 is 17.9. The van der Waals surface area contributed by atoms with E-state index in [1.54, 1.807) is 12.1 Å². The number of carbonyl (C=O) groups excluding carboxylic acids is 3. The van der Waals surface area contributed by atoms with Crippen molar-refractivity contribution in [2.45, 2.75) is 12.5 Å². The number of rotatable bonds is 4. The third-order valence-electron chi connectivity index (χ3n) is 4.27. The zero-order valence-electron chi connectivity index (χ0n) is 14.4. The van der Waals surface area contributed by atoms with Crippen LogP contribution in [0.25, 0.3) is 0 Å². The van der Waals surface area contributed by atoms with Gasteiger partial charge in [-0.25, -0.2) is 9.18 Å². The molecule has 0 spiro atoms. The molecule has 1 aliphatic heterocycles. The summed E-state index contributed by atoms with van der Waals surface area (Å²) in [4.78, 5) is 38.2. The van der Waals surface area contributed by atoms with Crippen molar-refractivity contribution in [1.29, 1.82) is 0 Å². The lowest BCUT2D eigenvalue weighted by molar-refractivity contribution is -0.133. The number of imide groups is 1. The van der Waals surface area contributed by atoms with Crippen LogP contribution in [0.3, 0.4) is 0 Å². The van der Waals surface area contributed by atoms with E-state index in [2.05, 4.69) is 10.6 Å². The third kappa shape index (κ3) is 3.65. The van der Waals surface area contributed by atoms with Crippen LogP contribution in [0.15, 0.2) is 36.4 Å². The number of anilines is 1. The SMILES string of the molecule is CC1(c2ccc(F)cc2Cl)NC(=O)N(CC(=O)Nc2cccc(Cl)c2Cl)C1=O. The summed E-state index contributed by atoms with van der Waals surface area (Å²) in [7, 11) is 0. The molecule has 0 radical (unpaired) electrons. The Morgan fingerprint density at radius 3 is 2.57 bits per heavy atom. The zero-order valence-corrected chi connectivity index (χ0v) is 16.6. The average Bonchev–Trinajstić information content (AvgIpc) is 2.82. The predicted octanol–water partition coefficient (Wildman–Crippen LogP) is 4.19. The number of halogens is 4. The van der Waals surface area contributed by atoms with Crippen molar-refractivity contribution in [2.75, 3.05) is 11.9 Å². The van der Waals surface area contributed by atoms with Crippen LogP contribution >= 0.6 is 34.8 Å². The quantitative estimate of drug-likeness (QED) is 0.694. The van der Waals surface area contributed by atoms with Crippen molar-refractivity contribution >= 4 is 58.3 Å². The van der Waals surface area contributed by atoms with E-state index >= 15 is 0 Å². The molecule has 1 heterocycles. The predicted molar refractivity (Wildman–Crippen MR) is 104 cm³/mol. The van der Waals surface area contributed by atoms with E-state index in [4.69, 9.17) is 34.8 Å². The van der Waals surface area contributed by atoms with Crippen molar-refractivity contribution < 1.29 is 18.8 Å². The van der Waals surface area contributed by atoms with Crippen LogP contribution in [0.4, 0.5) is 14.9 Å². The largest absolute Gasteiger partial charge is 0.325 e. The number of nitrogens with one attached hydrogen (secondary N) is 2. The van der Waals surface area contributed by atoms with E-state index < -0.39 is 35.7 Å². The standard InChI is InChI=1S/C18H13Cl3FN3O3/c1-18(10-6-5-9(22)7-12(10)20)16(27)25(17(28)24-18)8-14(26)23-13-4-2-3-11(19)15(13)21/h2-7H,8H2,1H3,(H,23,26)(H,24,28). The second kappa shape index (κ2) is 7.58. The van der Waals surface area contributed by atoms with Gasteiger partial charge in [-0.1, -0.05) is 46.9 Å². The summed E-state index contributed by atoms with van der Waals surface area (Å²) in [6.07, 6.45) is 0. The Labute approximate surface area is 174 Å². The molecular formula is C18H13Cl3FN3O3. The summed E-state index contributed by atoms with van der Waals surface area (Å²) in [5, 5.41) is 5.36. The fraction of sp³-hybridized carbons (Fsp3) is 0.167. The molecule has 28 heavy (non-hydrogen) atoms. The highest BCUT2D eigenvalue weighted by molar-refractivity contribution is 6.44. The molecule has 3 rings (SSSR count). The first-order valence-electron chi connectivity index (χ1n) is 7.97. The molecule has 1 aliphatic rings. The molecular weight excluding hydrogens is 432 g/mol. The average molecular weight is 445 g/mol. The van der Waals surface area contributed by atoms with Gasteiger partial charge >= 0.3 is 6.03 Å². The van der Waals surface area contributed by atoms with Gasteiger partial charge in [0.15, 0.2) is 0 Å². The maximum Gasteiger partial charge on any atom is 0.325 e. The Kier molecular flexibility index (Phi) is 5.52. The van der Waals surface area contributed by atoms with Crippen LogP contribution < -0.4 is 10.6 Å². The number of nitrogens with zero attached hydrogens (tertiary/aromatic N) is 1. The minimum Gasteiger partial charge on any atom is -0.323 e. The molecule has 2 aromatic rings. The topological polar surface area (TPSA) is 78.5 Å². The van der Waals surface area contributed by atoms with Crippen LogP contribution in [-0.4, -0.2) is 29.3 Å². The van der Waals surface area contributed by atoms with Crippen LogP contribution in [0.1, 0.15) is 12.5 Å². The maximum absolute atomic E-state index is 13.3. The highest BCUT2D eigenvalue weighted by atomic mass is 35.5. The van der Waals surface area contributed by atoms with E-state index in [1.165, 1.54) is 19.1 Å². The van der Waals surface area contributed by atoms with E-state index in [1.807, 2.05) is 0 Å². The van der Waals surface area contributed by atoms with Crippen molar-refractivity contribution in [3.05, 3.63) is 62.8 Å². The second-order valence-corrected chi connectivity index (χ2v) is 7.41. The van der Waals surface area contributed by atoms with Gasteiger partial charge < -0.3 is 10.6 Å². The Bertz CT molecular complexity index is 1000. The van der Waals surface area contributed by atoms with E-state index in [9.17, 15) is 18.8 Å². The molecule has 1 atom stereocenters. The van der Waals surface area contributed by atoms with Gasteiger partial charge in [-0.05, 0) is 31.2 Å². The summed E-state index contributed by atoms with van der Waals surface area (Å²) in [5.41, 5.74) is -1.07. The lowest BCUT2D eigenvalue weighted by Gasteiger charge is -2.23. The zero-order chi connectivity index (χ0) is 20.6. The molecule has 1 saturated heterocycles. The van der Waals surface area contributed by atoms with Crippen LogP contribution in [0, 0.1) is 5.82 Å². The molecule has 0 saturated carbocycles. The maximum atomic E-state index is 13.3. The summed E-state index contributed by atoms with van der Waals surface area (Å²) in [5.74, 6) is -1.93. The van der Waals surface area contributed by atoms with Gasteiger partial charge in [0.25, 0.3) is 5.91 Å². The number of urea groups is 1. The van der Waals surface area contributed by atoms with Crippen LogP contribution in [0.2, 0.25) is 15.1 Å². The lowest BCUT2D eigenvalue weighted by Crippen LogP contribution is -2.42. The van der Waals surface area contributed by atoms with Crippen LogP contribution in [-0.2, 0) is 15.1 Å². The normalized spacial score (nSPS) is 19.0. The molecule has 0 bridgehead atoms.